The largest absolute Gasteiger partial charge is 0.573 e. The molecule has 1 aliphatic heterocycles. The fourth-order valence-electron chi connectivity index (χ4n) is 7.46. The molecule has 8 nitrogen and oxygen atoms in total. The molecule has 14 heteroatoms. The lowest BCUT2D eigenvalue weighted by molar-refractivity contribution is -0.274. The molecule has 47 heavy (non-hydrogen) atoms. The van der Waals surface area contributed by atoms with Gasteiger partial charge in [-0.1, -0.05) is 40.2 Å². The first-order chi connectivity index (χ1) is 22.1. The summed E-state index contributed by atoms with van der Waals surface area (Å²) in [6.07, 6.45) is -3.34. The van der Waals surface area contributed by atoms with Crippen molar-refractivity contribution in [2.24, 2.45) is 5.41 Å². The number of morpholine rings is 1. The maximum Gasteiger partial charge on any atom is 0.573 e. The smallest absolute Gasteiger partial charge is 0.481 e. The van der Waals surface area contributed by atoms with E-state index in [2.05, 4.69) is 26.0 Å². The van der Waals surface area contributed by atoms with Crippen molar-refractivity contribution in [1.29, 1.82) is 0 Å². The Bertz CT molecular complexity index is 1860. The third-order valence-corrected chi connectivity index (χ3v) is 10.5. The molecule has 2 saturated carbocycles. The zero-order chi connectivity index (χ0) is 33.6. The second-order valence-corrected chi connectivity index (χ2v) is 13.8. The lowest BCUT2D eigenvalue weighted by Gasteiger charge is -2.51. The minimum atomic E-state index is -5.01. The maximum atomic E-state index is 14.6. The van der Waals surface area contributed by atoms with E-state index in [1.807, 2.05) is 0 Å². The number of nitrogens with one attached hydrogen (secondary N) is 1. The predicted molar refractivity (Wildman–Crippen MR) is 164 cm³/mol. The lowest BCUT2D eigenvalue weighted by Crippen LogP contribution is -2.57. The number of para-hydroxylation sites is 1. The zero-order valence-electron chi connectivity index (χ0n) is 25.0. The highest BCUT2D eigenvalue weighted by molar-refractivity contribution is 9.10. The number of fused-ring (bicyclic) bond motifs is 3. The summed E-state index contributed by atoms with van der Waals surface area (Å²) in [5, 5.41) is 13.8. The van der Waals surface area contributed by atoms with Crippen LogP contribution in [0.2, 0.25) is 0 Å². The van der Waals surface area contributed by atoms with E-state index in [0.29, 0.717) is 26.8 Å². The number of carbonyl (C=O) groups is 2. The number of amides is 1. The number of alkyl halides is 5. The summed E-state index contributed by atoms with van der Waals surface area (Å²) in [7, 11) is 0. The van der Waals surface area contributed by atoms with Gasteiger partial charge in [0.15, 0.2) is 5.60 Å². The van der Waals surface area contributed by atoms with E-state index in [-0.39, 0.29) is 62.1 Å². The van der Waals surface area contributed by atoms with Gasteiger partial charge in [-0.3, -0.25) is 9.59 Å². The summed E-state index contributed by atoms with van der Waals surface area (Å²) in [6.45, 7) is 1.90. The maximum absolute atomic E-state index is 14.6. The van der Waals surface area contributed by atoms with E-state index < -0.39 is 52.9 Å². The van der Waals surface area contributed by atoms with E-state index in [0.717, 1.165) is 6.07 Å². The monoisotopic (exact) mass is 721 g/mol. The van der Waals surface area contributed by atoms with Crippen molar-refractivity contribution < 1.29 is 46.1 Å². The SMILES string of the molecule is Cc1c(N2CCOC3(C2)CC3(F)F)nc2ccc(Br)cc2c1C(=O)NC12CCC(C(=O)O)(C=C1c1ccccc1OC(F)(F)F)CC2. The van der Waals surface area contributed by atoms with Crippen molar-refractivity contribution in [3.63, 3.8) is 0 Å². The zero-order valence-corrected chi connectivity index (χ0v) is 26.6. The average molecular weight is 723 g/mol. The fraction of sp³-hybridized carbons (Fsp3) is 0.424. The Morgan fingerprint density at radius 1 is 1.11 bits per heavy atom. The van der Waals surface area contributed by atoms with Crippen LogP contribution in [-0.4, -0.2) is 65.1 Å². The van der Waals surface area contributed by atoms with Gasteiger partial charge in [0.2, 0.25) is 0 Å². The third-order valence-electron chi connectivity index (χ3n) is 10.0. The second kappa shape index (κ2) is 10.6. The topological polar surface area (TPSA) is 101 Å². The molecule has 1 atom stereocenters. The highest BCUT2D eigenvalue weighted by Crippen LogP contribution is 2.58. The summed E-state index contributed by atoms with van der Waals surface area (Å²) in [5.41, 5.74) is -2.80. The number of carboxylic acid groups (broad SMARTS) is 1. The van der Waals surface area contributed by atoms with Crippen LogP contribution in [0.3, 0.4) is 0 Å². The van der Waals surface area contributed by atoms with Gasteiger partial charge >= 0.3 is 12.3 Å². The summed E-state index contributed by atoms with van der Waals surface area (Å²) in [4.78, 5) is 33.5. The number of pyridine rings is 1. The number of aromatic nitrogens is 1. The highest BCUT2D eigenvalue weighted by atomic mass is 79.9. The second-order valence-electron chi connectivity index (χ2n) is 12.8. The van der Waals surface area contributed by atoms with Crippen LogP contribution in [0.25, 0.3) is 16.5 Å². The average Bonchev–Trinajstić information content (AvgIpc) is 3.53. The van der Waals surface area contributed by atoms with Crippen molar-refractivity contribution in [3.8, 4) is 5.75 Å². The number of hydrogen-bond acceptors (Lipinski definition) is 6. The Labute approximate surface area is 274 Å². The van der Waals surface area contributed by atoms with Gasteiger partial charge in [0.1, 0.15) is 11.6 Å². The number of rotatable bonds is 6. The predicted octanol–water partition coefficient (Wildman–Crippen LogP) is 7.03. The molecule has 1 amide bonds. The summed E-state index contributed by atoms with van der Waals surface area (Å²) in [5.74, 6) is -4.78. The van der Waals surface area contributed by atoms with Crippen LogP contribution < -0.4 is 15.0 Å². The van der Waals surface area contributed by atoms with E-state index in [9.17, 15) is 36.6 Å². The molecule has 2 aromatic carbocycles. The normalized spacial score (nSPS) is 27.9. The number of benzene rings is 2. The van der Waals surface area contributed by atoms with E-state index in [1.165, 1.54) is 24.3 Å². The molecule has 0 radical (unpaired) electrons. The number of carboxylic acids is 1. The minimum absolute atomic E-state index is 0.0267. The number of anilines is 1. The number of aliphatic carboxylic acids is 1. The first-order valence-corrected chi connectivity index (χ1v) is 15.9. The van der Waals surface area contributed by atoms with Gasteiger partial charge in [0, 0.05) is 27.5 Å². The van der Waals surface area contributed by atoms with Gasteiger partial charge in [0.25, 0.3) is 11.8 Å². The van der Waals surface area contributed by atoms with Crippen LogP contribution in [0.15, 0.2) is 53.0 Å². The first-order valence-electron chi connectivity index (χ1n) is 15.1. The molecular formula is C33H29BrF5N3O5. The molecule has 4 aliphatic carbocycles. The standard InChI is InChI=1S/C33H29BrF5N3O5/c1-18-25(21-14-19(34)6-7-23(21)40-26(18)42-12-13-46-31(17-42)16-32(31,35)36)27(43)41-30-10-8-29(9-11-30,28(44)45)15-22(30)20-4-2-3-5-24(20)47-33(37,38)39/h2-7,14-15H,8-13,16-17H2,1H3,(H,41,43)(H,44,45). The molecule has 2 N–H and O–H groups in total. The van der Waals surface area contributed by atoms with Gasteiger partial charge in [-0.15, -0.1) is 13.2 Å². The van der Waals surface area contributed by atoms with Crippen molar-refractivity contribution >= 4 is 50.1 Å². The van der Waals surface area contributed by atoms with Crippen molar-refractivity contribution in [1.82, 2.24) is 10.3 Å². The molecule has 5 aliphatic rings. The Hall–Kier alpha value is -3.78. The number of halogens is 6. The van der Waals surface area contributed by atoms with E-state index in [4.69, 9.17) is 9.72 Å². The quantitative estimate of drug-likeness (QED) is 0.264. The van der Waals surface area contributed by atoms with Crippen LogP contribution >= 0.6 is 15.9 Å². The molecular weight excluding hydrogens is 693 g/mol. The van der Waals surface area contributed by atoms with Crippen molar-refractivity contribution in [2.75, 3.05) is 24.6 Å². The van der Waals surface area contributed by atoms with Gasteiger partial charge in [-0.25, -0.2) is 13.8 Å². The molecule has 2 bridgehead atoms. The number of hydrogen-bond donors (Lipinski definition) is 2. The first kappa shape index (κ1) is 31.8. The van der Waals surface area contributed by atoms with E-state index >= 15 is 0 Å². The van der Waals surface area contributed by atoms with Gasteiger partial charge < -0.3 is 24.8 Å². The number of nitrogens with zero attached hydrogens (tertiary/aromatic N) is 2. The molecule has 3 fully saturated rings. The van der Waals surface area contributed by atoms with Crippen LogP contribution in [0, 0.1) is 12.3 Å². The summed E-state index contributed by atoms with van der Waals surface area (Å²) < 4.78 is 79.5. The summed E-state index contributed by atoms with van der Waals surface area (Å²) in [6, 6.07) is 10.6. The molecule has 8 rings (SSSR count). The Balaban J connectivity index is 1.33. The molecule has 248 valence electrons. The molecule has 1 spiro atoms. The van der Waals surface area contributed by atoms with Gasteiger partial charge in [-0.2, -0.15) is 0 Å². The fourth-order valence-corrected chi connectivity index (χ4v) is 7.82. The Morgan fingerprint density at radius 3 is 2.47 bits per heavy atom. The molecule has 2 heterocycles. The number of carbonyl (C=O) groups excluding carboxylic acids is 1. The van der Waals surface area contributed by atoms with Crippen molar-refractivity contribution in [3.05, 3.63) is 69.7 Å². The van der Waals surface area contributed by atoms with Crippen LogP contribution in [0.4, 0.5) is 27.8 Å². The number of ether oxygens (including phenoxy) is 2. The van der Waals surface area contributed by atoms with Crippen LogP contribution in [0.1, 0.15) is 53.6 Å². The van der Waals surface area contributed by atoms with Gasteiger partial charge in [-0.05, 0) is 62.4 Å². The summed E-state index contributed by atoms with van der Waals surface area (Å²) >= 11 is 3.45. The molecule has 1 aromatic heterocycles. The molecule has 3 aromatic rings. The van der Waals surface area contributed by atoms with Crippen molar-refractivity contribution in [2.45, 2.75) is 62.5 Å². The van der Waals surface area contributed by atoms with E-state index in [1.54, 1.807) is 30.0 Å². The Morgan fingerprint density at radius 2 is 1.81 bits per heavy atom. The van der Waals surface area contributed by atoms with Crippen LogP contribution in [-0.2, 0) is 9.53 Å². The third kappa shape index (κ3) is 5.24. The lowest BCUT2D eigenvalue weighted by atomic mass is 9.57. The molecule has 1 saturated heterocycles. The highest BCUT2D eigenvalue weighted by Gasteiger charge is 2.74. The molecule has 1 unspecified atom stereocenters. The van der Waals surface area contributed by atoms with Crippen LogP contribution in [0.5, 0.6) is 5.75 Å². The van der Waals surface area contributed by atoms with Gasteiger partial charge in [0.05, 0.1) is 41.6 Å². The Kier molecular flexibility index (Phi) is 7.18. The minimum Gasteiger partial charge on any atom is -0.481 e.